The predicted octanol–water partition coefficient (Wildman–Crippen LogP) is 2.10. The molecule has 0 aliphatic carbocycles. The molecule has 0 heterocycles. The molecule has 0 saturated heterocycles. The first-order chi connectivity index (χ1) is 10.8. The molecule has 4 N–H and O–H groups in total. The van der Waals surface area contributed by atoms with E-state index in [0.29, 0.717) is 16.3 Å². The van der Waals surface area contributed by atoms with Gasteiger partial charge in [-0.1, -0.05) is 23.7 Å². The maximum absolute atomic E-state index is 12.2. The lowest BCUT2D eigenvalue weighted by atomic mass is 10.1. The number of carboxylic acid groups (broad SMARTS) is 1. The Morgan fingerprint density at radius 3 is 2.22 bits per heavy atom. The van der Waals surface area contributed by atoms with Crippen LogP contribution >= 0.6 is 11.6 Å². The standard InChI is InChI=1S/C15H15ClN2O4S/c16-11-3-7-13(8-4-11)23(21,22)18-12-5-1-10(2-6-12)9-14(17)15(19)20/h1-8,14,18H,9,17H2,(H,19,20)/t14-/m0/s1. The van der Waals surface area contributed by atoms with Crippen molar-refractivity contribution in [3.05, 3.63) is 59.1 Å². The van der Waals surface area contributed by atoms with Crippen LogP contribution in [0.1, 0.15) is 5.56 Å². The van der Waals surface area contributed by atoms with Gasteiger partial charge in [0.1, 0.15) is 6.04 Å². The fourth-order valence-corrected chi connectivity index (χ4v) is 3.06. The highest BCUT2D eigenvalue weighted by atomic mass is 35.5. The zero-order valence-electron chi connectivity index (χ0n) is 11.9. The molecule has 0 aliphatic rings. The molecular weight excluding hydrogens is 340 g/mol. The first kappa shape index (κ1) is 17.3. The molecule has 0 aromatic heterocycles. The fraction of sp³-hybridized carbons (Fsp3) is 0.133. The average molecular weight is 355 g/mol. The van der Waals surface area contributed by atoms with Gasteiger partial charge in [0.2, 0.25) is 0 Å². The molecule has 6 nitrogen and oxygen atoms in total. The number of aliphatic carboxylic acids is 1. The Morgan fingerprint density at radius 1 is 1.13 bits per heavy atom. The van der Waals surface area contributed by atoms with E-state index in [-0.39, 0.29) is 11.3 Å². The topological polar surface area (TPSA) is 109 Å². The van der Waals surface area contributed by atoms with Crippen LogP contribution in [0.15, 0.2) is 53.4 Å². The molecule has 0 spiro atoms. The number of nitrogens with one attached hydrogen (secondary N) is 1. The molecule has 8 heteroatoms. The van der Waals surface area contributed by atoms with Crippen molar-refractivity contribution in [3.63, 3.8) is 0 Å². The third-order valence-corrected chi connectivity index (χ3v) is 4.75. The fourth-order valence-electron chi connectivity index (χ4n) is 1.88. The number of hydrogen-bond donors (Lipinski definition) is 3. The average Bonchev–Trinajstić information content (AvgIpc) is 2.49. The maximum atomic E-state index is 12.2. The molecule has 122 valence electrons. The van der Waals surface area contributed by atoms with E-state index in [0.717, 1.165) is 0 Å². The van der Waals surface area contributed by atoms with Gasteiger partial charge in [0, 0.05) is 10.7 Å². The Balaban J connectivity index is 2.11. The van der Waals surface area contributed by atoms with Crippen molar-refractivity contribution in [2.24, 2.45) is 5.73 Å². The lowest BCUT2D eigenvalue weighted by Crippen LogP contribution is -2.32. The Labute approximate surface area is 138 Å². The molecule has 2 rings (SSSR count). The number of halogens is 1. The summed E-state index contributed by atoms with van der Waals surface area (Å²) in [7, 11) is -3.71. The summed E-state index contributed by atoms with van der Waals surface area (Å²) in [6.45, 7) is 0. The second kappa shape index (κ2) is 6.99. The van der Waals surface area contributed by atoms with Crippen LogP contribution in [-0.2, 0) is 21.2 Å². The Morgan fingerprint density at radius 2 is 1.70 bits per heavy atom. The number of carboxylic acids is 1. The minimum atomic E-state index is -3.71. The molecule has 0 aliphatic heterocycles. The van der Waals surface area contributed by atoms with Gasteiger partial charge in [-0.25, -0.2) is 8.42 Å². The number of benzene rings is 2. The molecule has 2 aromatic rings. The van der Waals surface area contributed by atoms with Crippen LogP contribution in [-0.4, -0.2) is 25.5 Å². The normalized spacial score (nSPS) is 12.6. The summed E-state index contributed by atoms with van der Waals surface area (Å²) in [4.78, 5) is 10.8. The number of nitrogens with two attached hydrogens (primary N) is 1. The summed E-state index contributed by atoms with van der Waals surface area (Å²) < 4.78 is 26.9. The predicted molar refractivity (Wildman–Crippen MR) is 88.0 cm³/mol. The van der Waals surface area contributed by atoms with Crippen LogP contribution in [0.2, 0.25) is 5.02 Å². The van der Waals surface area contributed by atoms with Crippen molar-refractivity contribution in [2.75, 3.05) is 4.72 Å². The number of sulfonamides is 1. The van der Waals surface area contributed by atoms with Crippen LogP contribution in [0, 0.1) is 0 Å². The molecule has 23 heavy (non-hydrogen) atoms. The molecule has 0 bridgehead atoms. The second-order valence-electron chi connectivity index (χ2n) is 4.91. The Kier molecular flexibility index (Phi) is 5.25. The van der Waals surface area contributed by atoms with Gasteiger partial charge in [-0.3, -0.25) is 9.52 Å². The monoisotopic (exact) mass is 354 g/mol. The largest absolute Gasteiger partial charge is 0.480 e. The minimum Gasteiger partial charge on any atom is -0.480 e. The van der Waals surface area contributed by atoms with E-state index in [1.54, 1.807) is 24.3 Å². The van der Waals surface area contributed by atoms with Gasteiger partial charge in [-0.15, -0.1) is 0 Å². The van der Waals surface area contributed by atoms with E-state index in [2.05, 4.69) is 4.72 Å². The minimum absolute atomic E-state index is 0.0962. The molecular formula is C15H15ClN2O4S. The summed E-state index contributed by atoms with van der Waals surface area (Å²) in [6, 6.07) is 11.2. The summed E-state index contributed by atoms with van der Waals surface area (Å²) >= 11 is 5.74. The highest BCUT2D eigenvalue weighted by Gasteiger charge is 2.15. The van der Waals surface area contributed by atoms with Crippen molar-refractivity contribution in [1.82, 2.24) is 0 Å². The highest BCUT2D eigenvalue weighted by molar-refractivity contribution is 7.92. The van der Waals surface area contributed by atoms with Crippen molar-refractivity contribution in [2.45, 2.75) is 17.4 Å². The van der Waals surface area contributed by atoms with Crippen LogP contribution in [0.25, 0.3) is 0 Å². The van der Waals surface area contributed by atoms with Crippen LogP contribution < -0.4 is 10.5 Å². The first-order valence-electron chi connectivity index (χ1n) is 6.63. The lowest BCUT2D eigenvalue weighted by Gasteiger charge is -2.10. The second-order valence-corrected chi connectivity index (χ2v) is 7.02. The van der Waals surface area contributed by atoms with Crippen molar-refractivity contribution in [1.29, 1.82) is 0 Å². The first-order valence-corrected chi connectivity index (χ1v) is 8.50. The van der Waals surface area contributed by atoms with E-state index in [1.165, 1.54) is 24.3 Å². The summed E-state index contributed by atoms with van der Waals surface area (Å²) in [5.41, 5.74) is 6.53. The van der Waals surface area contributed by atoms with Crippen LogP contribution in [0.5, 0.6) is 0 Å². The Bertz CT molecular complexity index is 789. The van der Waals surface area contributed by atoms with Gasteiger partial charge in [0.25, 0.3) is 10.0 Å². The number of rotatable bonds is 6. The smallest absolute Gasteiger partial charge is 0.320 e. The van der Waals surface area contributed by atoms with E-state index < -0.39 is 22.0 Å². The van der Waals surface area contributed by atoms with E-state index >= 15 is 0 Å². The van der Waals surface area contributed by atoms with Gasteiger partial charge < -0.3 is 10.8 Å². The molecule has 0 amide bonds. The zero-order valence-corrected chi connectivity index (χ0v) is 13.5. The highest BCUT2D eigenvalue weighted by Crippen LogP contribution is 2.19. The molecule has 0 unspecified atom stereocenters. The molecule has 1 atom stereocenters. The molecule has 0 radical (unpaired) electrons. The summed E-state index contributed by atoms with van der Waals surface area (Å²) in [5, 5.41) is 9.22. The number of hydrogen-bond acceptors (Lipinski definition) is 4. The zero-order chi connectivity index (χ0) is 17.0. The third-order valence-electron chi connectivity index (χ3n) is 3.10. The van der Waals surface area contributed by atoms with E-state index in [1.807, 2.05) is 0 Å². The van der Waals surface area contributed by atoms with Crippen LogP contribution in [0.3, 0.4) is 0 Å². The third kappa shape index (κ3) is 4.69. The van der Waals surface area contributed by atoms with E-state index in [4.69, 9.17) is 22.4 Å². The van der Waals surface area contributed by atoms with E-state index in [9.17, 15) is 13.2 Å². The van der Waals surface area contributed by atoms with Crippen molar-refractivity contribution in [3.8, 4) is 0 Å². The quantitative estimate of drug-likeness (QED) is 0.735. The Hall–Kier alpha value is -2.09. The molecule has 0 saturated carbocycles. The summed E-state index contributed by atoms with van der Waals surface area (Å²) in [6.07, 6.45) is 0.166. The van der Waals surface area contributed by atoms with Crippen LogP contribution in [0.4, 0.5) is 5.69 Å². The molecule has 0 fully saturated rings. The van der Waals surface area contributed by atoms with Gasteiger partial charge >= 0.3 is 5.97 Å². The van der Waals surface area contributed by atoms with Crippen molar-refractivity contribution >= 4 is 33.3 Å². The SMILES string of the molecule is N[C@@H](Cc1ccc(NS(=O)(=O)c2ccc(Cl)cc2)cc1)C(=O)O. The van der Waals surface area contributed by atoms with Gasteiger partial charge in [-0.2, -0.15) is 0 Å². The summed E-state index contributed by atoms with van der Waals surface area (Å²) in [5.74, 6) is -1.09. The van der Waals surface area contributed by atoms with Gasteiger partial charge in [-0.05, 0) is 48.4 Å². The maximum Gasteiger partial charge on any atom is 0.320 e. The number of anilines is 1. The van der Waals surface area contributed by atoms with Gasteiger partial charge in [0.15, 0.2) is 0 Å². The lowest BCUT2D eigenvalue weighted by molar-refractivity contribution is -0.138. The number of carbonyl (C=O) groups is 1. The van der Waals surface area contributed by atoms with Gasteiger partial charge in [0.05, 0.1) is 4.90 Å². The molecule has 2 aromatic carbocycles. The van der Waals surface area contributed by atoms with Crippen molar-refractivity contribution < 1.29 is 18.3 Å².